The summed E-state index contributed by atoms with van der Waals surface area (Å²) in [6.07, 6.45) is 11.3. The zero-order chi connectivity index (χ0) is 16.4. The molecule has 3 unspecified atom stereocenters. The predicted octanol–water partition coefficient (Wildman–Crippen LogP) is 4.29. The first-order chi connectivity index (χ1) is 10.9. The van der Waals surface area contributed by atoms with Crippen LogP contribution in [0.25, 0.3) is 0 Å². The van der Waals surface area contributed by atoms with Crippen molar-refractivity contribution in [2.24, 2.45) is 34.5 Å². The molecule has 7 atom stereocenters. The highest BCUT2D eigenvalue weighted by Crippen LogP contribution is 2.65. The van der Waals surface area contributed by atoms with Crippen LogP contribution < -0.4 is 0 Å². The van der Waals surface area contributed by atoms with Crippen molar-refractivity contribution in [2.45, 2.75) is 64.9 Å². The number of Topliss-reactive ketones (excluding diaryl/α,β-unsaturated/α-hetero) is 1. The molecule has 0 aromatic heterocycles. The van der Waals surface area contributed by atoms with E-state index in [0.717, 1.165) is 32.1 Å². The summed E-state index contributed by atoms with van der Waals surface area (Å²) in [6, 6.07) is 0. The second-order valence-electron chi connectivity index (χ2n) is 9.06. The number of carbonyl (C=O) groups excluding carboxylic acids is 1. The molecule has 1 N–H and O–H groups in total. The number of fused-ring (bicyclic) bond motifs is 5. The summed E-state index contributed by atoms with van der Waals surface area (Å²) in [4.78, 5) is 12.7. The van der Waals surface area contributed by atoms with Gasteiger partial charge in [-0.15, -0.1) is 6.58 Å². The lowest BCUT2D eigenvalue weighted by atomic mass is 9.47. The maximum absolute atomic E-state index is 12.7. The van der Waals surface area contributed by atoms with Gasteiger partial charge in [-0.1, -0.05) is 31.6 Å². The van der Waals surface area contributed by atoms with Gasteiger partial charge in [0, 0.05) is 11.8 Å². The van der Waals surface area contributed by atoms with E-state index in [1.165, 1.54) is 12.0 Å². The molecule has 3 saturated carbocycles. The molecule has 0 bridgehead atoms. The molecular formula is C21H30O2. The van der Waals surface area contributed by atoms with Gasteiger partial charge in [0.25, 0.3) is 0 Å². The fraction of sp³-hybridized carbons (Fsp3) is 0.762. The molecule has 126 valence electrons. The van der Waals surface area contributed by atoms with Crippen LogP contribution in [0.2, 0.25) is 0 Å². The Morgan fingerprint density at radius 3 is 2.70 bits per heavy atom. The van der Waals surface area contributed by atoms with E-state index in [0.29, 0.717) is 35.9 Å². The van der Waals surface area contributed by atoms with Gasteiger partial charge in [0.05, 0.1) is 6.10 Å². The average molecular weight is 314 g/mol. The van der Waals surface area contributed by atoms with Gasteiger partial charge < -0.3 is 5.11 Å². The van der Waals surface area contributed by atoms with Gasteiger partial charge in [-0.25, -0.2) is 0 Å². The van der Waals surface area contributed by atoms with Gasteiger partial charge in [-0.3, -0.25) is 4.79 Å². The molecule has 4 rings (SSSR count). The monoisotopic (exact) mass is 314 g/mol. The second kappa shape index (κ2) is 5.05. The number of hydrogen-bond acceptors (Lipinski definition) is 2. The van der Waals surface area contributed by atoms with Crippen LogP contribution in [-0.4, -0.2) is 17.0 Å². The standard InChI is InChI=1S/C21H30O2/c1-4-13-11-18(23)21(3)10-8-17-16(19(13)21)6-5-14-12-15(22)7-9-20(14,17)2/h4-5,13,15-17,19,22H,1,6-12H2,2-3H3/t13-,15+,16?,17?,19?,20+,21-/m1/s1. The molecule has 4 aliphatic carbocycles. The molecule has 0 heterocycles. The summed E-state index contributed by atoms with van der Waals surface area (Å²) in [7, 11) is 0. The Bertz CT molecular complexity index is 576. The molecule has 4 aliphatic rings. The van der Waals surface area contributed by atoms with Crippen molar-refractivity contribution in [3.05, 3.63) is 24.3 Å². The Balaban J connectivity index is 1.73. The minimum Gasteiger partial charge on any atom is -0.393 e. The molecule has 0 aliphatic heterocycles. The molecule has 2 nitrogen and oxygen atoms in total. The molecule has 2 heteroatoms. The molecule has 0 aromatic rings. The zero-order valence-electron chi connectivity index (χ0n) is 14.6. The van der Waals surface area contributed by atoms with Crippen molar-refractivity contribution in [3.63, 3.8) is 0 Å². The normalized spacial score (nSPS) is 52.2. The quantitative estimate of drug-likeness (QED) is 0.733. The number of carbonyl (C=O) groups is 1. The smallest absolute Gasteiger partial charge is 0.139 e. The first-order valence-corrected chi connectivity index (χ1v) is 9.43. The lowest BCUT2D eigenvalue weighted by molar-refractivity contribution is -0.132. The summed E-state index contributed by atoms with van der Waals surface area (Å²) >= 11 is 0. The van der Waals surface area contributed by atoms with Crippen LogP contribution in [0.1, 0.15) is 58.8 Å². The van der Waals surface area contributed by atoms with Gasteiger partial charge in [0.2, 0.25) is 0 Å². The van der Waals surface area contributed by atoms with Gasteiger partial charge in [0.1, 0.15) is 5.78 Å². The third-order valence-corrected chi connectivity index (χ3v) is 8.15. The highest BCUT2D eigenvalue weighted by Gasteiger charge is 2.60. The molecule has 3 fully saturated rings. The number of hydrogen-bond donors (Lipinski definition) is 1. The highest BCUT2D eigenvalue weighted by molar-refractivity contribution is 5.88. The van der Waals surface area contributed by atoms with E-state index in [1.54, 1.807) is 0 Å². The van der Waals surface area contributed by atoms with Crippen molar-refractivity contribution in [1.29, 1.82) is 0 Å². The molecule has 0 saturated heterocycles. The molecule has 0 radical (unpaired) electrons. The Labute approximate surface area is 140 Å². The fourth-order valence-electron chi connectivity index (χ4n) is 6.81. The third kappa shape index (κ3) is 2.00. The highest BCUT2D eigenvalue weighted by atomic mass is 16.3. The molecular weight excluding hydrogens is 284 g/mol. The van der Waals surface area contributed by atoms with E-state index in [1.807, 2.05) is 0 Å². The maximum atomic E-state index is 12.7. The van der Waals surface area contributed by atoms with Gasteiger partial charge in [-0.2, -0.15) is 0 Å². The average Bonchev–Trinajstić information content (AvgIpc) is 2.79. The van der Waals surface area contributed by atoms with E-state index in [-0.39, 0.29) is 16.9 Å². The maximum Gasteiger partial charge on any atom is 0.139 e. The lowest BCUT2D eigenvalue weighted by Crippen LogP contribution is -2.51. The van der Waals surface area contributed by atoms with Crippen LogP contribution >= 0.6 is 0 Å². The second-order valence-corrected chi connectivity index (χ2v) is 9.06. The number of aliphatic hydroxyl groups is 1. The summed E-state index contributed by atoms with van der Waals surface area (Å²) in [5, 5.41) is 10.1. The minimum absolute atomic E-state index is 0.115. The summed E-state index contributed by atoms with van der Waals surface area (Å²) in [6.45, 7) is 8.71. The Morgan fingerprint density at radius 2 is 1.96 bits per heavy atom. The molecule has 0 amide bonds. The Hall–Kier alpha value is -0.890. The summed E-state index contributed by atoms with van der Waals surface area (Å²) in [5.74, 6) is 2.62. The number of rotatable bonds is 1. The number of ketones is 1. The van der Waals surface area contributed by atoms with Crippen LogP contribution in [0.5, 0.6) is 0 Å². The SMILES string of the molecule is C=C[C@@H]1CC(=O)[C@@]2(C)CCC3C(CC=C4C[C@@H](O)CC[C@@]43C)C12. The number of aliphatic hydroxyl groups excluding tert-OH is 1. The Morgan fingerprint density at radius 1 is 1.22 bits per heavy atom. The van der Waals surface area contributed by atoms with E-state index < -0.39 is 0 Å². The van der Waals surface area contributed by atoms with Gasteiger partial charge in [0.15, 0.2) is 0 Å². The topological polar surface area (TPSA) is 37.3 Å². The lowest BCUT2D eigenvalue weighted by Gasteiger charge is -2.57. The minimum atomic E-state index is -0.145. The summed E-state index contributed by atoms with van der Waals surface area (Å²) in [5.41, 5.74) is 1.64. The van der Waals surface area contributed by atoms with E-state index >= 15 is 0 Å². The van der Waals surface area contributed by atoms with Crippen molar-refractivity contribution in [1.82, 2.24) is 0 Å². The third-order valence-electron chi connectivity index (χ3n) is 8.15. The summed E-state index contributed by atoms with van der Waals surface area (Å²) < 4.78 is 0. The number of allylic oxidation sites excluding steroid dienone is 2. The first kappa shape index (κ1) is 15.6. The molecule has 0 aromatic carbocycles. The van der Waals surface area contributed by atoms with Crippen LogP contribution in [0, 0.1) is 34.5 Å². The largest absolute Gasteiger partial charge is 0.393 e. The Kier molecular flexibility index (Phi) is 3.43. The van der Waals surface area contributed by atoms with E-state index in [9.17, 15) is 9.90 Å². The van der Waals surface area contributed by atoms with Crippen LogP contribution in [0.3, 0.4) is 0 Å². The van der Waals surface area contributed by atoms with Crippen molar-refractivity contribution in [3.8, 4) is 0 Å². The molecule has 23 heavy (non-hydrogen) atoms. The van der Waals surface area contributed by atoms with Gasteiger partial charge >= 0.3 is 0 Å². The van der Waals surface area contributed by atoms with Gasteiger partial charge in [-0.05, 0) is 67.6 Å². The first-order valence-electron chi connectivity index (χ1n) is 9.43. The van der Waals surface area contributed by atoms with E-state index in [4.69, 9.17) is 0 Å². The van der Waals surface area contributed by atoms with Crippen LogP contribution in [0.4, 0.5) is 0 Å². The zero-order valence-corrected chi connectivity index (χ0v) is 14.6. The van der Waals surface area contributed by atoms with Crippen molar-refractivity contribution < 1.29 is 9.90 Å². The van der Waals surface area contributed by atoms with Crippen LogP contribution in [-0.2, 0) is 4.79 Å². The molecule has 0 spiro atoms. The van der Waals surface area contributed by atoms with Crippen molar-refractivity contribution in [2.75, 3.05) is 0 Å². The van der Waals surface area contributed by atoms with Crippen LogP contribution in [0.15, 0.2) is 24.3 Å². The van der Waals surface area contributed by atoms with E-state index in [2.05, 4.69) is 32.6 Å². The fourth-order valence-corrected chi connectivity index (χ4v) is 6.81. The van der Waals surface area contributed by atoms with Crippen molar-refractivity contribution >= 4 is 5.78 Å². The predicted molar refractivity (Wildman–Crippen MR) is 91.8 cm³/mol.